The summed E-state index contributed by atoms with van der Waals surface area (Å²) in [5.74, 6) is -0.497. The van der Waals surface area contributed by atoms with E-state index in [2.05, 4.69) is 34.3 Å². The number of anilines is 1. The Kier molecular flexibility index (Phi) is 3.71. The second kappa shape index (κ2) is 5.13. The van der Waals surface area contributed by atoms with E-state index in [0.717, 1.165) is 6.54 Å². The number of hydrogen-bond donors (Lipinski definition) is 2. The number of nitrogens with one attached hydrogen (secondary N) is 1. The van der Waals surface area contributed by atoms with Crippen molar-refractivity contribution in [2.45, 2.75) is 31.7 Å². The van der Waals surface area contributed by atoms with Crippen LogP contribution >= 0.6 is 0 Å². The summed E-state index contributed by atoms with van der Waals surface area (Å²) in [5, 5.41) is 12.1. The molecule has 1 fully saturated rings. The van der Waals surface area contributed by atoms with Gasteiger partial charge in [0.25, 0.3) is 0 Å². The highest BCUT2D eigenvalue weighted by Gasteiger charge is 2.38. The minimum atomic E-state index is -0.993. The van der Waals surface area contributed by atoms with E-state index in [0.29, 0.717) is 11.6 Å². The third-order valence-electron chi connectivity index (χ3n) is 4.02. The van der Waals surface area contributed by atoms with Gasteiger partial charge in [-0.25, -0.2) is 14.8 Å². The third kappa shape index (κ3) is 2.68. The van der Waals surface area contributed by atoms with Crippen LogP contribution < -0.4 is 5.32 Å². The van der Waals surface area contributed by atoms with Crippen molar-refractivity contribution in [3.8, 4) is 0 Å². The van der Waals surface area contributed by atoms with Crippen LogP contribution in [0.15, 0.2) is 6.20 Å². The lowest BCUT2D eigenvalue weighted by Gasteiger charge is -2.47. The molecule has 6 heteroatoms. The minimum absolute atomic E-state index is 0.150. The van der Waals surface area contributed by atoms with Gasteiger partial charge in [-0.1, -0.05) is 0 Å². The molecule has 1 heterocycles. The lowest BCUT2D eigenvalue weighted by atomic mass is 9.75. The fourth-order valence-electron chi connectivity index (χ4n) is 2.37. The molecule has 2 N–H and O–H groups in total. The van der Waals surface area contributed by atoms with Crippen LogP contribution in [0.3, 0.4) is 0 Å². The van der Waals surface area contributed by atoms with Crippen LogP contribution in [0.2, 0.25) is 0 Å². The van der Waals surface area contributed by atoms with Crippen molar-refractivity contribution in [2.75, 3.05) is 26.0 Å². The average Bonchev–Trinajstić information content (AvgIpc) is 2.26. The number of hydrogen-bond acceptors (Lipinski definition) is 5. The summed E-state index contributed by atoms with van der Waals surface area (Å²) in [6.07, 6.45) is 4.94. The van der Waals surface area contributed by atoms with Crippen molar-refractivity contribution in [3.05, 3.63) is 17.5 Å². The molecule has 0 unspecified atom stereocenters. The van der Waals surface area contributed by atoms with Crippen molar-refractivity contribution in [1.29, 1.82) is 0 Å². The number of aromatic carboxylic acids is 1. The van der Waals surface area contributed by atoms with Gasteiger partial charge in [-0.3, -0.25) is 0 Å². The van der Waals surface area contributed by atoms with Gasteiger partial charge in [0.2, 0.25) is 5.95 Å². The third-order valence-corrected chi connectivity index (χ3v) is 4.02. The number of aromatic nitrogens is 2. The molecule has 1 saturated carbocycles. The standard InChI is InChI=1S/C13H20N4O2/c1-9-10(11(18)19)7-14-12(16-9)15-8-13(17(2)3)5-4-6-13/h7H,4-6,8H2,1-3H3,(H,18,19)(H,14,15,16). The maximum Gasteiger partial charge on any atom is 0.339 e. The van der Waals surface area contributed by atoms with Crippen LogP contribution in [0.5, 0.6) is 0 Å². The largest absolute Gasteiger partial charge is 0.478 e. The lowest BCUT2D eigenvalue weighted by molar-refractivity contribution is 0.0694. The summed E-state index contributed by atoms with van der Waals surface area (Å²) >= 11 is 0. The second-order valence-corrected chi connectivity index (χ2v) is 5.32. The van der Waals surface area contributed by atoms with Gasteiger partial charge in [-0.2, -0.15) is 0 Å². The van der Waals surface area contributed by atoms with Crippen molar-refractivity contribution >= 4 is 11.9 Å². The maximum absolute atomic E-state index is 10.9. The van der Waals surface area contributed by atoms with E-state index in [-0.39, 0.29) is 11.1 Å². The predicted molar refractivity (Wildman–Crippen MR) is 72.5 cm³/mol. The number of aryl methyl sites for hydroxylation is 1. The van der Waals surface area contributed by atoms with Crippen molar-refractivity contribution in [2.24, 2.45) is 0 Å². The summed E-state index contributed by atoms with van der Waals surface area (Å²) in [7, 11) is 4.17. The monoisotopic (exact) mass is 264 g/mol. The normalized spacial score (nSPS) is 17.1. The Bertz CT molecular complexity index is 484. The zero-order valence-electron chi connectivity index (χ0n) is 11.6. The molecule has 0 radical (unpaired) electrons. The molecule has 104 valence electrons. The Labute approximate surface area is 112 Å². The first-order valence-electron chi connectivity index (χ1n) is 6.43. The predicted octanol–water partition coefficient (Wildman–Crippen LogP) is 1.38. The van der Waals surface area contributed by atoms with Crippen molar-refractivity contribution < 1.29 is 9.90 Å². The molecule has 0 atom stereocenters. The molecular weight excluding hydrogens is 244 g/mol. The molecule has 0 saturated heterocycles. The first-order chi connectivity index (χ1) is 8.94. The number of nitrogens with zero attached hydrogens (tertiary/aromatic N) is 3. The minimum Gasteiger partial charge on any atom is -0.478 e. The number of carboxylic acids is 1. The summed E-state index contributed by atoms with van der Waals surface area (Å²) in [6, 6.07) is 0. The van der Waals surface area contributed by atoms with E-state index >= 15 is 0 Å². The Morgan fingerprint density at radius 2 is 2.21 bits per heavy atom. The molecular formula is C13H20N4O2. The summed E-state index contributed by atoms with van der Waals surface area (Å²) in [6.45, 7) is 2.47. The van der Waals surface area contributed by atoms with Gasteiger partial charge in [-0.15, -0.1) is 0 Å². The highest BCUT2D eigenvalue weighted by atomic mass is 16.4. The van der Waals surface area contributed by atoms with Crippen LogP contribution in [0, 0.1) is 6.92 Å². The number of carbonyl (C=O) groups is 1. The summed E-state index contributed by atoms with van der Waals surface area (Å²) in [4.78, 5) is 21.4. The second-order valence-electron chi connectivity index (χ2n) is 5.32. The number of likely N-dealkylation sites (N-methyl/N-ethyl adjacent to an activating group) is 1. The van der Waals surface area contributed by atoms with Crippen molar-refractivity contribution in [3.63, 3.8) is 0 Å². The quantitative estimate of drug-likeness (QED) is 0.836. The number of carboxylic acid groups (broad SMARTS) is 1. The Morgan fingerprint density at radius 3 is 2.63 bits per heavy atom. The van der Waals surface area contributed by atoms with Gasteiger partial charge in [-0.05, 0) is 40.3 Å². The van der Waals surface area contributed by atoms with Gasteiger partial charge >= 0.3 is 5.97 Å². The average molecular weight is 264 g/mol. The molecule has 1 aliphatic carbocycles. The molecule has 0 aliphatic heterocycles. The summed E-state index contributed by atoms with van der Waals surface area (Å²) < 4.78 is 0. The molecule has 0 aromatic carbocycles. The van der Waals surface area contributed by atoms with Gasteiger partial charge in [0, 0.05) is 18.3 Å². The van der Waals surface area contributed by atoms with E-state index in [1.165, 1.54) is 25.5 Å². The SMILES string of the molecule is Cc1nc(NCC2(N(C)C)CCC2)ncc1C(=O)O. The van der Waals surface area contributed by atoms with E-state index in [9.17, 15) is 4.79 Å². The molecule has 6 nitrogen and oxygen atoms in total. The van der Waals surface area contributed by atoms with Gasteiger partial charge in [0.15, 0.2) is 0 Å². The van der Waals surface area contributed by atoms with E-state index in [1.807, 2.05) is 0 Å². The Balaban J connectivity index is 2.04. The highest BCUT2D eigenvalue weighted by Crippen LogP contribution is 2.35. The molecule has 1 aromatic heterocycles. The summed E-state index contributed by atoms with van der Waals surface area (Å²) in [5.41, 5.74) is 0.817. The van der Waals surface area contributed by atoms with E-state index in [1.54, 1.807) is 6.92 Å². The fourth-order valence-corrected chi connectivity index (χ4v) is 2.37. The molecule has 0 spiro atoms. The Morgan fingerprint density at radius 1 is 1.53 bits per heavy atom. The van der Waals surface area contributed by atoms with Gasteiger partial charge < -0.3 is 15.3 Å². The van der Waals surface area contributed by atoms with E-state index < -0.39 is 5.97 Å². The van der Waals surface area contributed by atoms with Crippen LogP contribution in [-0.2, 0) is 0 Å². The van der Waals surface area contributed by atoms with Crippen LogP contribution in [-0.4, -0.2) is 52.1 Å². The molecule has 1 aromatic rings. The topological polar surface area (TPSA) is 78.4 Å². The molecule has 0 amide bonds. The van der Waals surface area contributed by atoms with E-state index in [4.69, 9.17) is 5.11 Å². The first kappa shape index (κ1) is 13.7. The zero-order chi connectivity index (χ0) is 14.0. The van der Waals surface area contributed by atoms with Gasteiger partial charge in [0.1, 0.15) is 0 Å². The zero-order valence-corrected chi connectivity index (χ0v) is 11.6. The van der Waals surface area contributed by atoms with Crippen LogP contribution in [0.4, 0.5) is 5.95 Å². The molecule has 1 aliphatic rings. The van der Waals surface area contributed by atoms with Crippen molar-refractivity contribution in [1.82, 2.24) is 14.9 Å². The molecule has 2 rings (SSSR count). The molecule has 19 heavy (non-hydrogen) atoms. The lowest BCUT2D eigenvalue weighted by Crippen LogP contribution is -2.54. The van der Waals surface area contributed by atoms with Crippen LogP contribution in [0.1, 0.15) is 35.3 Å². The van der Waals surface area contributed by atoms with Crippen LogP contribution in [0.25, 0.3) is 0 Å². The highest BCUT2D eigenvalue weighted by molar-refractivity contribution is 5.88. The fraction of sp³-hybridized carbons (Fsp3) is 0.615. The van der Waals surface area contributed by atoms with Gasteiger partial charge in [0.05, 0.1) is 11.3 Å². The number of rotatable bonds is 5. The maximum atomic E-state index is 10.9. The molecule has 0 bridgehead atoms. The first-order valence-corrected chi connectivity index (χ1v) is 6.43. The Hall–Kier alpha value is -1.69. The smallest absolute Gasteiger partial charge is 0.339 e.